The monoisotopic (exact) mass is 196 g/mol. The van der Waals surface area contributed by atoms with Crippen LogP contribution in [0.3, 0.4) is 0 Å². The quantitative estimate of drug-likeness (QED) is 0.554. The molecule has 1 saturated heterocycles. The molecule has 2 aliphatic heterocycles. The van der Waals surface area contributed by atoms with Crippen molar-refractivity contribution < 1.29 is 9.47 Å². The van der Waals surface area contributed by atoms with Crippen LogP contribution in [0.2, 0.25) is 0 Å². The fourth-order valence-corrected chi connectivity index (χ4v) is 2.24. The highest BCUT2D eigenvalue weighted by atomic mass is 16.5. The lowest BCUT2D eigenvalue weighted by Crippen LogP contribution is -2.37. The molecule has 0 bridgehead atoms. The molecule has 2 heterocycles. The van der Waals surface area contributed by atoms with Crippen LogP contribution >= 0.6 is 0 Å². The van der Waals surface area contributed by atoms with Crippen molar-refractivity contribution in [3.63, 3.8) is 0 Å². The van der Waals surface area contributed by atoms with E-state index >= 15 is 0 Å². The molecule has 0 spiro atoms. The van der Waals surface area contributed by atoms with Gasteiger partial charge in [0.1, 0.15) is 0 Å². The van der Waals surface area contributed by atoms with E-state index in [1.807, 2.05) is 0 Å². The van der Waals surface area contributed by atoms with E-state index in [9.17, 15) is 0 Å². The Hall–Kier alpha value is -0.340. The highest BCUT2D eigenvalue weighted by Crippen LogP contribution is 2.34. The Bertz CT molecular complexity index is 243. The van der Waals surface area contributed by atoms with Crippen molar-refractivity contribution in [2.75, 3.05) is 13.2 Å². The summed E-state index contributed by atoms with van der Waals surface area (Å²) in [6.07, 6.45) is 4.81. The molecule has 2 heteroatoms. The predicted octanol–water partition coefficient (Wildman–Crippen LogP) is 2.54. The van der Waals surface area contributed by atoms with Crippen LogP contribution in [0.25, 0.3) is 0 Å². The van der Waals surface area contributed by atoms with E-state index in [1.165, 1.54) is 5.57 Å². The molecule has 0 N–H and O–H groups in total. The molecule has 2 atom stereocenters. The van der Waals surface area contributed by atoms with Gasteiger partial charge < -0.3 is 9.47 Å². The maximum absolute atomic E-state index is 5.80. The van der Waals surface area contributed by atoms with Crippen LogP contribution in [0.1, 0.15) is 33.6 Å². The Balaban J connectivity index is 2.09. The first kappa shape index (κ1) is 10.2. The fourth-order valence-electron chi connectivity index (χ4n) is 2.24. The zero-order valence-corrected chi connectivity index (χ0v) is 9.38. The highest BCUT2D eigenvalue weighted by molar-refractivity contribution is 5.13. The average Bonchev–Trinajstić information content (AvgIpc) is 2.27. The van der Waals surface area contributed by atoms with Crippen LogP contribution in [0.15, 0.2) is 11.6 Å². The summed E-state index contributed by atoms with van der Waals surface area (Å²) in [5.74, 6) is 0.587. The number of hydrogen-bond donors (Lipinski definition) is 0. The van der Waals surface area contributed by atoms with E-state index in [1.54, 1.807) is 0 Å². The molecule has 0 radical (unpaired) electrons. The molecular weight excluding hydrogens is 176 g/mol. The van der Waals surface area contributed by atoms with Crippen LogP contribution in [0, 0.1) is 5.92 Å². The summed E-state index contributed by atoms with van der Waals surface area (Å²) in [5, 5.41) is 0. The molecule has 2 nitrogen and oxygen atoms in total. The molecule has 14 heavy (non-hydrogen) atoms. The van der Waals surface area contributed by atoms with Gasteiger partial charge in [-0.3, -0.25) is 0 Å². The van der Waals surface area contributed by atoms with Crippen LogP contribution < -0.4 is 0 Å². The molecule has 0 aromatic rings. The third kappa shape index (κ3) is 2.18. The lowest BCUT2D eigenvalue weighted by Gasteiger charge is -2.36. The third-order valence-electron chi connectivity index (χ3n) is 3.19. The van der Waals surface area contributed by atoms with Gasteiger partial charge in [-0.2, -0.15) is 0 Å². The summed E-state index contributed by atoms with van der Waals surface area (Å²) in [6.45, 7) is 8.14. The minimum Gasteiger partial charge on any atom is -0.378 e. The Kier molecular flexibility index (Phi) is 2.67. The second-order valence-electron chi connectivity index (χ2n) is 5.11. The molecule has 0 aliphatic carbocycles. The summed E-state index contributed by atoms with van der Waals surface area (Å²) in [5.41, 5.74) is 1.48. The average molecular weight is 196 g/mol. The zero-order valence-electron chi connectivity index (χ0n) is 9.38. The van der Waals surface area contributed by atoms with Crippen molar-refractivity contribution in [3.8, 4) is 0 Å². The van der Waals surface area contributed by atoms with Gasteiger partial charge in [-0.1, -0.05) is 6.08 Å². The molecule has 0 saturated carbocycles. The SMILES string of the molecule is CC1CC=C2COC(C)(C)C[C@H]2CO1. The largest absolute Gasteiger partial charge is 0.378 e. The Morgan fingerprint density at radius 3 is 3.00 bits per heavy atom. The fraction of sp³-hybridized carbons (Fsp3) is 0.833. The van der Waals surface area contributed by atoms with Crippen molar-refractivity contribution in [3.05, 3.63) is 11.6 Å². The minimum absolute atomic E-state index is 0.0267. The van der Waals surface area contributed by atoms with Gasteiger partial charge in [-0.25, -0.2) is 0 Å². The van der Waals surface area contributed by atoms with Gasteiger partial charge in [0.2, 0.25) is 0 Å². The topological polar surface area (TPSA) is 18.5 Å². The molecule has 0 amide bonds. The molecule has 0 aromatic heterocycles. The summed E-state index contributed by atoms with van der Waals surface area (Å²) in [4.78, 5) is 0. The van der Waals surface area contributed by atoms with E-state index in [2.05, 4.69) is 26.8 Å². The van der Waals surface area contributed by atoms with E-state index in [0.29, 0.717) is 12.0 Å². The smallest absolute Gasteiger partial charge is 0.0687 e. The van der Waals surface area contributed by atoms with E-state index in [-0.39, 0.29) is 5.60 Å². The van der Waals surface area contributed by atoms with E-state index < -0.39 is 0 Å². The van der Waals surface area contributed by atoms with Gasteiger partial charge >= 0.3 is 0 Å². The predicted molar refractivity (Wildman–Crippen MR) is 56.3 cm³/mol. The Morgan fingerprint density at radius 2 is 2.21 bits per heavy atom. The van der Waals surface area contributed by atoms with Gasteiger partial charge in [-0.15, -0.1) is 0 Å². The van der Waals surface area contributed by atoms with Crippen molar-refractivity contribution >= 4 is 0 Å². The maximum atomic E-state index is 5.80. The number of fused-ring (bicyclic) bond motifs is 1. The van der Waals surface area contributed by atoms with Crippen molar-refractivity contribution in [1.82, 2.24) is 0 Å². The number of hydrogen-bond acceptors (Lipinski definition) is 2. The Morgan fingerprint density at radius 1 is 1.43 bits per heavy atom. The molecular formula is C12H20O2. The van der Waals surface area contributed by atoms with Crippen LogP contribution in [0.4, 0.5) is 0 Å². The second kappa shape index (κ2) is 3.67. The summed E-state index contributed by atoms with van der Waals surface area (Å²) in [7, 11) is 0. The first-order chi connectivity index (χ1) is 6.57. The van der Waals surface area contributed by atoms with Gasteiger partial charge in [0.25, 0.3) is 0 Å². The molecule has 1 fully saturated rings. The number of rotatable bonds is 0. The standard InChI is InChI=1S/C12H20O2/c1-9-4-5-10-8-14-12(2,3)6-11(10)7-13-9/h5,9,11H,4,6-8H2,1-3H3/t9?,11-/m0/s1. The summed E-state index contributed by atoms with van der Waals surface area (Å²) < 4.78 is 11.6. The molecule has 80 valence electrons. The molecule has 0 aromatic carbocycles. The van der Waals surface area contributed by atoms with Crippen molar-refractivity contribution in [1.29, 1.82) is 0 Å². The van der Waals surface area contributed by atoms with Crippen LogP contribution in [0.5, 0.6) is 0 Å². The highest BCUT2D eigenvalue weighted by Gasteiger charge is 2.33. The van der Waals surface area contributed by atoms with E-state index in [0.717, 1.165) is 26.1 Å². The lowest BCUT2D eigenvalue weighted by molar-refractivity contribution is -0.0605. The molecule has 2 rings (SSSR count). The maximum Gasteiger partial charge on any atom is 0.0687 e. The van der Waals surface area contributed by atoms with Crippen molar-refractivity contribution in [2.24, 2.45) is 5.92 Å². The Labute approximate surface area is 86.3 Å². The van der Waals surface area contributed by atoms with Crippen molar-refractivity contribution in [2.45, 2.75) is 45.3 Å². The van der Waals surface area contributed by atoms with Crippen LogP contribution in [-0.4, -0.2) is 24.9 Å². The minimum atomic E-state index is 0.0267. The first-order valence-corrected chi connectivity index (χ1v) is 5.51. The second-order valence-corrected chi connectivity index (χ2v) is 5.11. The molecule has 1 unspecified atom stereocenters. The van der Waals surface area contributed by atoms with Gasteiger partial charge in [-0.05, 0) is 39.2 Å². The van der Waals surface area contributed by atoms with Gasteiger partial charge in [0.05, 0.1) is 24.9 Å². The molecule has 2 aliphatic rings. The summed E-state index contributed by atoms with van der Waals surface area (Å²) in [6, 6.07) is 0. The van der Waals surface area contributed by atoms with Gasteiger partial charge in [0, 0.05) is 5.92 Å². The van der Waals surface area contributed by atoms with Gasteiger partial charge in [0.15, 0.2) is 0 Å². The first-order valence-electron chi connectivity index (χ1n) is 5.51. The van der Waals surface area contributed by atoms with E-state index in [4.69, 9.17) is 9.47 Å². The summed E-state index contributed by atoms with van der Waals surface area (Å²) >= 11 is 0. The lowest BCUT2D eigenvalue weighted by atomic mass is 9.85. The normalized spacial score (nSPS) is 36.9. The number of ether oxygens (including phenoxy) is 2. The zero-order chi connectivity index (χ0) is 10.2. The van der Waals surface area contributed by atoms with Crippen LogP contribution in [-0.2, 0) is 9.47 Å². The third-order valence-corrected chi connectivity index (χ3v) is 3.19.